The molecule has 2 fully saturated rings. The topological polar surface area (TPSA) is 0 Å². The van der Waals surface area contributed by atoms with Crippen LogP contribution in [-0.2, 0) is 0 Å². The van der Waals surface area contributed by atoms with Crippen molar-refractivity contribution < 1.29 is 35.8 Å². The van der Waals surface area contributed by atoms with Gasteiger partial charge in [-0.2, -0.15) is 0 Å². The zero-order valence-corrected chi connectivity index (χ0v) is 7.46. The van der Waals surface area contributed by atoms with E-state index in [4.69, 9.17) is 0 Å². The molecule has 0 aliphatic heterocycles. The third kappa shape index (κ3) is 1.24. The van der Waals surface area contributed by atoms with E-state index in [1.807, 2.05) is 0 Å². The Labute approximate surface area is 76.2 Å². The summed E-state index contributed by atoms with van der Waals surface area (Å²) in [4.78, 5) is 0. The number of hydrogen-bond acceptors (Lipinski definition) is 0. The summed E-state index contributed by atoms with van der Waals surface area (Å²) in [5, 5.41) is 0. The van der Waals surface area contributed by atoms with Crippen LogP contribution in [0.15, 0.2) is 0 Å². The number of halogens is 1. The molecule has 5 radical (unpaired) electrons. The van der Waals surface area contributed by atoms with Crippen molar-refractivity contribution in [2.75, 3.05) is 0 Å². The van der Waals surface area contributed by atoms with E-state index in [1.165, 1.54) is 12.8 Å². The van der Waals surface area contributed by atoms with Crippen LogP contribution < -0.4 is 35.8 Å². The summed E-state index contributed by atoms with van der Waals surface area (Å²) in [6.45, 7) is 0. The molecule has 1 atom stereocenters. The SMILES string of the molecule is [Br-].[Li+].[Si]C1[C]C12CC2. The Kier molecular flexibility index (Phi) is 2.90. The average Bonchev–Trinajstić information content (AvgIpc) is 2.25. The van der Waals surface area contributed by atoms with Gasteiger partial charge >= 0.3 is 18.9 Å². The van der Waals surface area contributed by atoms with Crippen molar-refractivity contribution >= 4 is 10.2 Å². The van der Waals surface area contributed by atoms with Crippen LogP contribution in [0.5, 0.6) is 0 Å². The van der Waals surface area contributed by atoms with Crippen LogP contribution in [0, 0.1) is 11.8 Å². The second kappa shape index (κ2) is 2.50. The van der Waals surface area contributed by atoms with E-state index in [1.54, 1.807) is 0 Å². The molecule has 2 saturated carbocycles. The van der Waals surface area contributed by atoms with Crippen molar-refractivity contribution in [3.8, 4) is 0 Å². The summed E-state index contributed by atoms with van der Waals surface area (Å²) >= 11 is 0. The standard InChI is InChI=1S/C5H5Si.BrH.Li/c6-4-3-5(4)1-2-5;;/h4H,1-2H2;1H;/q;;+1/p-1. The quantitative estimate of drug-likeness (QED) is 0.327. The van der Waals surface area contributed by atoms with Gasteiger partial charge < -0.3 is 17.0 Å². The molecule has 2 aliphatic rings. The fourth-order valence-corrected chi connectivity index (χ4v) is 1.39. The van der Waals surface area contributed by atoms with Gasteiger partial charge in [0.25, 0.3) is 0 Å². The zero-order chi connectivity index (χ0) is 4.20. The Balaban J connectivity index is 0.000000245. The van der Waals surface area contributed by atoms with Gasteiger partial charge in [0.2, 0.25) is 0 Å². The van der Waals surface area contributed by atoms with E-state index in [9.17, 15) is 0 Å². The van der Waals surface area contributed by atoms with Crippen LogP contribution in [0.1, 0.15) is 12.8 Å². The van der Waals surface area contributed by atoms with E-state index in [2.05, 4.69) is 16.7 Å². The smallest absolute Gasteiger partial charge is 1.00 e. The van der Waals surface area contributed by atoms with Gasteiger partial charge in [-0.05, 0) is 30.2 Å². The predicted molar refractivity (Wildman–Crippen MR) is 24.4 cm³/mol. The summed E-state index contributed by atoms with van der Waals surface area (Å²) < 4.78 is 0. The summed E-state index contributed by atoms with van der Waals surface area (Å²) in [7, 11) is 3.50. The first-order valence-corrected chi connectivity index (χ1v) is 2.90. The molecule has 0 amide bonds. The molecule has 0 aromatic rings. The van der Waals surface area contributed by atoms with Crippen molar-refractivity contribution in [1.29, 1.82) is 0 Å². The van der Waals surface area contributed by atoms with Crippen LogP contribution in [0.25, 0.3) is 0 Å². The van der Waals surface area contributed by atoms with Crippen LogP contribution in [-0.4, -0.2) is 10.2 Å². The zero-order valence-electron chi connectivity index (χ0n) is 4.87. The molecule has 0 bridgehead atoms. The first-order valence-electron chi connectivity index (χ1n) is 2.32. The van der Waals surface area contributed by atoms with Gasteiger partial charge in [-0.15, -0.1) is 0 Å². The van der Waals surface area contributed by atoms with Crippen molar-refractivity contribution in [3.05, 3.63) is 6.42 Å². The monoisotopic (exact) mass is 179 g/mol. The van der Waals surface area contributed by atoms with Crippen molar-refractivity contribution in [2.24, 2.45) is 5.41 Å². The molecule has 2 aliphatic carbocycles. The van der Waals surface area contributed by atoms with Crippen LogP contribution in [0.4, 0.5) is 0 Å². The number of rotatable bonds is 0. The molecule has 8 heavy (non-hydrogen) atoms. The minimum Gasteiger partial charge on any atom is -1.00 e. The van der Waals surface area contributed by atoms with Crippen LogP contribution >= 0.6 is 0 Å². The first kappa shape index (κ1) is 9.29. The molecule has 0 aromatic heterocycles. The van der Waals surface area contributed by atoms with E-state index < -0.39 is 0 Å². The minimum atomic E-state index is 0. The molecule has 0 saturated heterocycles. The van der Waals surface area contributed by atoms with E-state index in [0.29, 0.717) is 11.0 Å². The largest absolute Gasteiger partial charge is 1.00 e. The molecular weight excluding hydrogens is 175 g/mol. The predicted octanol–water partition coefficient (Wildman–Crippen LogP) is -5.17. The second-order valence-corrected chi connectivity index (χ2v) is 2.81. The maximum absolute atomic E-state index is 3.50. The third-order valence-corrected chi connectivity index (χ3v) is 2.39. The average molecular weight is 180 g/mol. The molecule has 2 rings (SSSR count). The van der Waals surface area contributed by atoms with Crippen molar-refractivity contribution in [2.45, 2.75) is 18.4 Å². The van der Waals surface area contributed by atoms with Gasteiger partial charge in [0.1, 0.15) is 0 Å². The Morgan fingerprint density at radius 1 is 1.50 bits per heavy atom. The van der Waals surface area contributed by atoms with E-state index >= 15 is 0 Å². The van der Waals surface area contributed by atoms with Crippen LogP contribution in [0.3, 0.4) is 0 Å². The molecular formula is C5H5BrLiSi. The van der Waals surface area contributed by atoms with Crippen LogP contribution in [0.2, 0.25) is 5.54 Å². The number of hydrogen-bond donors (Lipinski definition) is 0. The molecule has 0 nitrogen and oxygen atoms in total. The molecule has 0 aromatic carbocycles. The molecule has 37 valence electrons. The van der Waals surface area contributed by atoms with Crippen molar-refractivity contribution in [3.63, 3.8) is 0 Å². The Morgan fingerprint density at radius 2 is 1.88 bits per heavy atom. The first-order chi connectivity index (χ1) is 2.83. The van der Waals surface area contributed by atoms with Gasteiger partial charge in [0.05, 0.1) is 0 Å². The fraction of sp³-hybridized carbons (Fsp3) is 0.800. The Bertz CT molecular complexity index is 92.4. The van der Waals surface area contributed by atoms with Gasteiger partial charge in [-0.1, -0.05) is 0 Å². The minimum absolute atomic E-state index is 0. The maximum Gasteiger partial charge on any atom is 1.00 e. The maximum atomic E-state index is 3.50. The summed E-state index contributed by atoms with van der Waals surface area (Å²) in [5.74, 6) is 0. The molecule has 3 heteroatoms. The Morgan fingerprint density at radius 3 is 1.88 bits per heavy atom. The third-order valence-electron chi connectivity index (χ3n) is 1.69. The molecule has 1 unspecified atom stereocenters. The molecule has 1 spiro atoms. The summed E-state index contributed by atoms with van der Waals surface area (Å²) in [6, 6.07) is 0. The van der Waals surface area contributed by atoms with E-state index in [0.717, 1.165) is 0 Å². The van der Waals surface area contributed by atoms with Gasteiger partial charge in [-0.3, -0.25) is 0 Å². The summed E-state index contributed by atoms with van der Waals surface area (Å²) in [6.07, 6.45) is 6.08. The fourth-order valence-electron chi connectivity index (χ4n) is 0.813. The Hall–Kier alpha value is 1.29. The normalized spacial score (nSPS) is 34.9. The van der Waals surface area contributed by atoms with Gasteiger partial charge in [0.15, 0.2) is 0 Å². The van der Waals surface area contributed by atoms with Gasteiger partial charge in [0, 0.05) is 10.2 Å². The van der Waals surface area contributed by atoms with Gasteiger partial charge in [-0.25, -0.2) is 0 Å². The van der Waals surface area contributed by atoms with E-state index in [-0.39, 0.29) is 35.8 Å². The molecule has 0 heterocycles. The van der Waals surface area contributed by atoms with Crippen molar-refractivity contribution in [1.82, 2.24) is 0 Å². The summed E-state index contributed by atoms with van der Waals surface area (Å²) in [5.41, 5.74) is 1.29. The molecule has 0 N–H and O–H groups in total. The second-order valence-electron chi connectivity index (χ2n) is 2.23.